The molecule has 0 spiro atoms. The number of amides is 2. The van der Waals surface area contributed by atoms with E-state index in [4.69, 9.17) is 9.47 Å². The summed E-state index contributed by atoms with van der Waals surface area (Å²) in [6.45, 7) is 5.32. The highest BCUT2D eigenvalue weighted by atomic mass is 32.1. The fourth-order valence-electron chi connectivity index (χ4n) is 2.69. The Hall–Kier alpha value is -3.31. The van der Waals surface area contributed by atoms with Crippen LogP contribution in [0.1, 0.15) is 24.3 Å². The number of benzene rings is 1. The second-order valence-electron chi connectivity index (χ2n) is 6.20. The van der Waals surface area contributed by atoms with Crippen molar-refractivity contribution in [3.63, 3.8) is 0 Å². The van der Waals surface area contributed by atoms with Crippen molar-refractivity contribution in [3.05, 3.63) is 51.7 Å². The Morgan fingerprint density at radius 3 is 2.60 bits per heavy atom. The number of nitriles is 1. The van der Waals surface area contributed by atoms with Crippen LogP contribution >= 0.6 is 11.3 Å². The molecule has 0 fully saturated rings. The first-order chi connectivity index (χ1) is 14.5. The van der Waals surface area contributed by atoms with Crippen LogP contribution in [-0.4, -0.2) is 43.5 Å². The molecule has 0 aliphatic rings. The summed E-state index contributed by atoms with van der Waals surface area (Å²) in [5.74, 6) is 0.262. The van der Waals surface area contributed by atoms with Crippen LogP contribution in [0.15, 0.2) is 41.3 Å². The van der Waals surface area contributed by atoms with Gasteiger partial charge in [0, 0.05) is 18.0 Å². The van der Waals surface area contributed by atoms with Crippen molar-refractivity contribution in [2.75, 3.05) is 26.8 Å². The first kappa shape index (κ1) is 23.0. The molecule has 2 rings (SSSR count). The molecule has 0 bridgehead atoms. The lowest BCUT2D eigenvalue weighted by atomic mass is 10.1. The second-order valence-corrected chi connectivity index (χ2v) is 7.23. The SMILES string of the molecule is CCN(CC)C(=O)COc1ccc(/C=C(\C#N)C(=O)NCc2cccs2)cc1OC. The van der Waals surface area contributed by atoms with Crippen molar-refractivity contribution in [3.8, 4) is 17.6 Å². The monoisotopic (exact) mass is 427 g/mol. The van der Waals surface area contributed by atoms with E-state index in [0.29, 0.717) is 36.7 Å². The van der Waals surface area contributed by atoms with E-state index < -0.39 is 5.91 Å². The van der Waals surface area contributed by atoms with Crippen LogP contribution in [0.5, 0.6) is 11.5 Å². The lowest BCUT2D eigenvalue weighted by Crippen LogP contribution is -2.34. The molecule has 0 aliphatic carbocycles. The molecule has 0 unspecified atom stereocenters. The topological polar surface area (TPSA) is 91.7 Å². The number of thiophene rings is 1. The Morgan fingerprint density at radius 1 is 1.23 bits per heavy atom. The summed E-state index contributed by atoms with van der Waals surface area (Å²) in [6.07, 6.45) is 1.48. The first-order valence-electron chi connectivity index (χ1n) is 9.53. The Morgan fingerprint density at radius 2 is 2.00 bits per heavy atom. The summed E-state index contributed by atoms with van der Waals surface area (Å²) in [7, 11) is 1.49. The summed E-state index contributed by atoms with van der Waals surface area (Å²) in [5.41, 5.74) is 0.594. The van der Waals surface area contributed by atoms with Crippen molar-refractivity contribution < 1.29 is 19.1 Å². The molecule has 0 saturated carbocycles. The minimum atomic E-state index is -0.449. The van der Waals surface area contributed by atoms with Crippen LogP contribution in [0.25, 0.3) is 6.08 Å². The van der Waals surface area contributed by atoms with Gasteiger partial charge >= 0.3 is 0 Å². The zero-order valence-corrected chi connectivity index (χ0v) is 18.1. The van der Waals surface area contributed by atoms with Gasteiger partial charge in [-0.25, -0.2) is 0 Å². The highest BCUT2D eigenvalue weighted by molar-refractivity contribution is 7.09. The van der Waals surface area contributed by atoms with E-state index >= 15 is 0 Å². The molecule has 0 aliphatic heterocycles. The maximum atomic E-state index is 12.3. The number of carbonyl (C=O) groups excluding carboxylic acids is 2. The number of methoxy groups -OCH3 is 1. The zero-order chi connectivity index (χ0) is 21.9. The fraction of sp³-hybridized carbons (Fsp3) is 0.318. The van der Waals surface area contributed by atoms with Gasteiger partial charge in [0.15, 0.2) is 18.1 Å². The molecule has 1 N–H and O–H groups in total. The largest absolute Gasteiger partial charge is 0.493 e. The summed E-state index contributed by atoms with van der Waals surface area (Å²) in [5, 5.41) is 14.0. The van der Waals surface area contributed by atoms with E-state index in [2.05, 4.69) is 5.32 Å². The normalized spacial score (nSPS) is 10.8. The van der Waals surface area contributed by atoms with Gasteiger partial charge in [0.05, 0.1) is 13.7 Å². The van der Waals surface area contributed by atoms with Gasteiger partial charge in [-0.05, 0) is 49.1 Å². The van der Waals surface area contributed by atoms with Crippen LogP contribution < -0.4 is 14.8 Å². The second kappa shape index (κ2) is 11.6. The molecule has 30 heavy (non-hydrogen) atoms. The number of rotatable bonds is 10. The van der Waals surface area contributed by atoms with Gasteiger partial charge in [-0.15, -0.1) is 11.3 Å². The average Bonchev–Trinajstić information content (AvgIpc) is 3.29. The van der Waals surface area contributed by atoms with E-state index in [1.807, 2.05) is 37.4 Å². The Labute approximate surface area is 180 Å². The number of hydrogen-bond donors (Lipinski definition) is 1. The van der Waals surface area contributed by atoms with Crippen molar-refractivity contribution in [2.24, 2.45) is 0 Å². The van der Waals surface area contributed by atoms with E-state index in [1.54, 1.807) is 23.1 Å². The highest BCUT2D eigenvalue weighted by Crippen LogP contribution is 2.29. The van der Waals surface area contributed by atoms with Gasteiger partial charge in [0.2, 0.25) is 0 Å². The standard InChI is InChI=1S/C22H25N3O4S/c1-4-25(5-2)21(26)15-29-19-9-8-16(12-20(19)28-3)11-17(13-23)22(27)24-14-18-7-6-10-30-18/h6-12H,4-5,14-15H2,1-3H3,(H,24,27)/b17-11+. The molecule has 0 radical (unpaired) electrons. The number of carbonyl (C=O) groups is 2. The molecule has 8 heteroatoms. The predicted octanol–water partition coefficient (Wildman–Crippen LogP) is 3.23. The van der Waals surface area contributed by atoms with Crippen LogP contribution in [-0.2, 0) is 16.1 Å². The van der Waals surface area contributed by atoms with Gasteiger partial charge in [-0.3, -0.25) is 9.59 Å². The van der Waals surface area contributed by atoms with Crippen molar-refractivity contribution in [2.45, 2.75) is 20.4 Å². The molecule has 1 aromatic heterocycles. The minimum Gasteiger partial charge on any atom is -0.493 e. The van der Waals surface area contributed by atoms with Crippen LogP contribution in [0, 0.1) is 11.3 Å². The van der Waals surface area contributed by atoms with E-state index in [9.17, 15) is 14.9 Å². The zero-order valence-electron chi connectivity index (χ0n) is 17.3. The van der Waals surface area contributed by atoms with Crippen molar-refractivity contribution in [1.29, 1.82) is 5.26 Å². The third-order valence-corrected chi connectivity index (χ3v) is 5.21. The van der Waals surface area contributed by atoms with Gasteiger partial charge in [0.25, 0.3) is 11.8 Å². The number of ether oxygens (including phenoxy) is 2. The molecule has 1 heterocycles. The van der Waals surface area contributed by atoms with Gasteiger partial charge < -0.3 is 19.7 Å². The Bertz CT molecular complexity index is 928. The third-order valence-electron chi connectivity index (χ3n) is 4.33. The highest BCUT2D eigenvalue weighted by Gasteiger charge is 2.14. The maximum absolute atomic E-state index is 12.3. The lowest BCUT2D eigenvalue weighted by Gasteiger charge is -2.19. The maximum Gasteiger partial charge on any atom is 0.262 e. The number of nitrogens with zero attached hydrogens (tertiary/aromatic N) is 2. The van der Waals surface area contributed by atoms with Crippen LogP contribution in [0.4, 0.5) is 0 Å². The summed E-state index contributed by atoms with van der Waals surface area (Å²) < 4.78 is 11.0. The summed E-state index contributed by atoms with van der Waals surface area (Å²) in [4.78, 5) is 27.1. The van der Waals surface area contributed by atoms with E-state index in [0.717, 1.165) is 4.88 Å². The quantitative estimate of drug-likeness (QED) is 0.464. The third kappa shape index (κ3) is 6.36. The predicted molar refractivity (Wildman–Crippen MR) is 116 cm³/mol. The average molecular weight is 428 g/mol. The number of hydrogen-bond acceptors (Lipinski definition) is 6. The van der Waals surface area contributed by atoms with Crippen LogP contribution in [0.3, 0.4) is 0 Å². The van der Waals surface area contributed by atoms with E-state index in [-0.39, 0.29) is 18.1 Å². The number of nitrogens with one attached hydrogen (secondary N) is 1. The Kier molecular flexibility index (Phi) is 8.91. The number of likely N-dealkylation sites (N-methyl/N-ethyl adjacent to an activating group) is 1. The molecular formula is C22H25N3O4S. The lowest BCUT2D eigenvalue weighted by molar-refractivity contribution is -0.133. The molecule has 0 saturated heterocycles. The molecule has 7 nitrogen and oxygen atoms in total. The van der Waals surface area contributed by atoms with Gasteiger partial charge in [-0.2, -0.15) is 5.26 Å². The molecule has 158 valence electrons. The van der Waals surface area contributed by atoms with E-state index in [1.165, 1.54) is 24.5 Å². The Balaban J connectivity index is 2.08. The molecule has 1 aromatic carbocycles. The molecular weight excluding hydrogens is 402 g/mol. The smallest absolute Gasteiger partial charge is 0.262 e. The fourth-order valence-corrected chi connectivity index (χ4v) is 3.34. The van der Waals surface area contributed by atoms with Crippen molar-refractivity contribution in [1.82, 2.24) is 10.2 Å². The summed E-state index contributed by atoms with van der Waals surface area (Å²) in [6, 6.07) is 10.7. The molecule has 0 atom stereocenters. The molecule has 2 aromatic rings. The van der Waals surface area contributed by atoms with Gasteiger partial charge in [0.1, 0.15) is 11.6 Å². The minimum absolute atomic E-state index is 0.0148. The van der Waals surface area contributed by atoms with Crippen LogP contribution in [0.2, 0.25) is 0 Å². The first-order valence-corrected chi connectivity index (χ1v) is 10.4. The van der Waals surface area contributed by atoms with Gasteiger partial charge in [-0.1, -0.05) is 12.1 Å². The molecule has 2 amide bonds. The summed E-state index contributed by atoms with van der Waals surface area (Å²) >= 11 is 1.53. The van der Waals surface area contributed by atoms with Crippen molar-refractivity contribution >= 4 is 29.2 Å².